The third-order valence-electron chi connectivity index (χ3n) is 2.07. The minimum absolute atomic E-state index is 0.165. The summed E-state index contributed by atoms with van der Waals surface area (Å²) in [6, 6.07) is 2.61. The summed E-state index contributed by atoms with van der Waals surface area (Å²) in [6.45, 7) is 0.165. The second kappa shape index (κ2) is 7.52. The van der Waals surface area contributed by atoms with Gasteiger partial charge in [0.2, 0.25) is 5.88 Å². The fourth-order valence-electron chi connectivity index (χ4n) is 1.16. The highest BCUT2D eigenvalue weighted by molar-refractivity contribution is 6.02. The van der Waals surface area contributed by atoms with Crippen molar-refractivity contribution in [3.63, 3.8) is 0 Å². The third kappa shape index (κ3) is 5.63. The van der Waals surface area contributed by atoms with Crippen LogP contribution in [0.1, 0.15) is 5.56 Å². The van der Waals surface area contributed by atoms with E-state index in [-0.39, 0.29) is 6.54 Å². The number of hydrogen-bond acceptors (Lipinski definition) is 5. The van der Waals surface area contributed by atoms with E-state index in [2.05, 4.69) is 10.3 Å². The Morgan fingerprint density at radius 2 is 2.10 bits per heavy atom. The Labute approximate surface area is 114 Å². The predicted octanol–water partition coefficient (Wildman–Crippen LogP) is 0.0568. The second-order valence-corrected chi connectivity index (χ2v) is 3.55. The molecule has 0 unspecified atom stereocenters. The lowest BCUT2D eigenvalue weighted by atomic mass is 10.3. The van der Waals surface area contributed by atoms with Gasteiger partial charge in [0.1, 0.15) is 0 Å². The average Bonchev–Trinajstić information content (AvgIpc) is 2.43. The van der Waals surface area contributed by atoms with Crippen molar-refractivity contribution < 1.29 is 24.2 Å². The zero-order chi connectivity index (χ0) is 15.0. The first-order valence-corrected chi connectivity index (χ1v) is 5.50. The first-order chi connectivity index (χ1) is 9.51. The van der Waals surface area contributed by atoms with Gasteiger partial charge in [-0.3, -0.25) is 10.1 Å². The van der Waals surface area contributed by atoms with Gasteiger partial charge in [0, 0.05) is 31.0 Å². The highest BCUT2D eigenvalue weighted by atomic mass is 16.5. The van der Waals surface area contributed by atoms with Crippen LogP contribution in [0.2, 0.25) is 0 Å². The first kappa shape index (κ1) is 15.2. The summed E-state index contributed by atoms with van der Waals surface area (Å²) in [5.74, 6) is -1.64. The number of carboxylic acids is 1. The van der Waals surface area contributed by atoms with E-state index in [0.29, 0.717) is 12.0 Å². The molecular weight excluding hydrogens is 266 g/mol. The molecule has 8 nitrogen and oxygen atoms in total. The summed E-state index contributed by atoms with van der Waals surface area (Å²) in [5, 5.41) is 12.7. The molecule has 0 bridgehead atoms. The minimum atomic E-state index is -1.27. The van der Waals surface area contributed by atoms with Gasteiger partial charge in [-0.25, -0.2) is 14.6 Å². The zero-order valence-corrected chi connectivity index (χ0v) is 10.6. The summed E-state index contributed by atoms with van der Waals surface area (Å²) in [4.78, 5) is 36.5. The van der Waals surface area contributed by atoms with Gasteiger partial charge in [-0.05, 0) is 5.56 Å². The number of hydrogen-bond donors (Lipinski definition) is 3. The fourth-order valence-corrected chi connectivity index (χ4v) is 1.16. The molecule has 8 heteroatoms. The largest absolute Gasteiger partial charge is 0.481 e. The molecule has 0 aliphatic carbocycles. The maximum absolute atomic E-state index is 11.3. The van der Waals surface area contributed by atoms with Crippen molar-refractivity contribution in [2.75, 3.05) is 7.11 Å². The predicted molar refractivity (Wildman–Crippen MR) is 67.9 cm³/mol. The van der Waals surface area contributed by atoms with Crippen molar-refractivity contribution in [1.82, 2.24) is 15.6 Å². The lowest BCUT2D eigenvalue weighted by molar-refractivity contribution is -0.131. The maximum atomic E-state index is 11.3. The molecule has 0 saturated carbocycles. The van der Waals surface area contributed by atoms with Gasteiger partial charge in [-0.2, -0.15) is 0 Å². The van der Waals surface area contributed by atoms with Crippen molar-refractivity contribution in [2.45, 2.75) is 6.54 Å². The number of aromatic nitrogens is 1. The Morgan fingerprint density at radius 3 is 2.65 bits per heavy atom. The Bertz CT molecular complexity index is 524. The van der Waals surface area contributed by atoms with Gasteiger partial charge >= 0.3 is 12.0 Å². The molecule has 1 rings (SSSR count). The van der Waals surface area contributed by atoms with E-state index in [0.717, 1.165) is 11.6 Å². The molecule has 1 heterocycles. The number of imide groups is 1. The van der Waals surface area contributed by atoms with E-state index in [1.807, 2.05) is 5.32 Å². The number of urea groups is 1. The number of ether oxygens (including phenoxy) is 1. The van der Waals surface area contributed by atoms with E-state index in [4.69, 9.17) is 9.84 Å². The van der Waals surface area contributed by atoms with Crippen molar-refractivity contribution in [3.05, 3.63) is 36.0 Å². The number of pyridine rings is 1. The molecule has 1 aromatic heterocycles. The highest BCUT2D eigenvalue weighted by Gasteiger charge is 2.05. The number of aliphatic carboxylic acids is 1. The lowest BCUT2D eigenvalue weighted by Crippen LogP contribution is -2.38. The quantitative estimate of drug-likeness (QED) is 0.656. The van der Waals surface area contributed by atoms with Crippen LogP contribution in [-0.2, 0) is 16.1 Å². The molecule has 0 atom stereocenters. The number of nitrogens with zero attached hydrogens (tertiary/aromatic N) is 1. The Morgan fingerprint density at radius 1 is 1.35 bits per heavy atom. The number of carbonyl (C=O) groups is 3. The molecule has 0 aliphatic heterocycles. The summed E-state index contributed by atoms with van der Waals surface area (Å²) in [5.41, 5.74) is 0.717. The Balaban J connectivity index is 2.39. The summed E-state index contributed by atoms with van der Waals surface area (Å²) < 4.78 is 4.88. The van der Waals surface area contributed by atoms with Gasteiger partial charge < -0.3 is 15.2 Å². The highest BCUT2D eigenvalue weighted by Crippen LogP contribution is 2.05. The van der Waals surface area contributed by atoms with Gasteiger partial charge in [0.05, 0.1) is 7.11 Å². The molecule has 20 heavy (non-hydrogen) atoms. The number of methoxy groups -OCH3 is 1. The molecular formula is C12H13N3O5. The van der Waals surface area contributed by atoms with Crippen LogP contribution in [0, 0.1) is 0 Å². The molecule has 0 aromatic carbocycles. The molecule has 106 valence electrons. The van der Waals surface area contributed by atoms with Gasteiger partial charge in [0.25, 0.3) is 5.91 Å². The molecule has 0 radical (unpaired) electrons. The van der Waals surface area contributed by atoms with E-state index in [1.54, 1.807) is 12.1 Å². The van der Waals surface area contributed by atoms with Gasteiger partial charge in [-0.15, -0.1) is 0 Å². The Kier molecular flexibility index (Phi) is 5.70. The third-order valence-corrected chi connectivity index (χ3v) is 2.07. The molecule has 0 saturated heterocycles. The molecule has 3 amide bonds. The molecule has 0 spiro atoms. The van der Waals surface area contributed by atoms with Crippen LogP contribution >= 0.6 is 0 Å². The van der Waals surface area contributed by atoms with Crippen LogP contribution in [0.5, 0.6) is 5.88 Å². The van der Waals surface area contributed by atoms with Crippen LogP contribution in [0.25, 0.3) is 0 Å². The van der Waals surface area contributed by atoms with Gasteiger partial charge in [0.15, 0.2) is 0 Å². The first-order valence-electron chi connectivity index (χ1n) is 5.50. The van der Waals surface area contributed by atoms with E-state index < -0.39 is 17.9 Å². The average molecular weight is 279 g/mol. The van der Waals surface area contributed by atoms with Gasteiger partial charge in [-0.1, -0.05) is 6.07 Å². The monoisotopic (exact) mass is 279 g/mol. The van der Waals surface area contributed by atoms with E-state index >= 15 is 0 Å². The normalized spacial score (nSPS) is 10.1. The molecule has 0 aliphatic rings. The fraction of sp³-hybridized carbons (Fsp3) is 0.167. The number of nitrogens with one attached hydrogen (secondary N) is 2. The van der Waals surface area contributed by atoms with E-state index in [9.17, 15) is 14.4 Å². The number of carbonyl (C=O) groups excluding carboxylic acids is 2. The number of rotatable bonds is 5. The maximum Gasteiger partial charge on any atom is 0.328 e. The number of carboxylic acid groups (broad SMARTS) is 1. The van der Waals surface area contributed by atoms with Crippen LogP contribution in [0.3, 0.4) is 0 Å². The number of amides is 3. The molecule has 3 N–H and O–H groups in total. The zero-order valence-electron chi connectivity index (χ0n) is 10.6. The summed E-state index contributed by atoms with van der Waals surface area (Å²) in [6.07, 6.45) is 2.90. The molecule has 0 fully saturated rings. The van der Waals surface area contributed by atoms with E-state index in [1.165, 1.54) is 13.3 Å². The van der Waals surface area contributed by atoms with Crippen molar-refractivity contribution >= 4 is 17.9 Å². The minimum Gasteiger partial charge on any atom is -0.481 e. The van der Waals surface area contributed by atoms with Crippen LogP contribution in [-0.4, -0.2) is 35.1 Å². The van der Waals surface area contributed by atoms with Crippen LogP contribution in [0.15, 0.2) is 30.5 Å². The molecule has 1 aromatic rings. The standard InChI is InChI=1S/C12H13N3O5/c1-20-10-4-2-8(6-13-10)7-14-12(19)15-9(16)3-5-11(17)18/h2-6H,7H2,1H3,(H,17,18)(H2,14,15,16,19). The smallest absolute Gasteiger partial charge is 0.328 e. The summed E-state index contributed by atoms with van der Waals surface area (Å²) in [7, 11) is 1.49. The van der Waals surface area contributed by atoms with Crippen LogP contribution in [0.4, 0.5) is 4.79 Å². The Hall–Kier alpha value is -2.90. The van der Waals surface area contributed by atoms with Crippen molar-refractivity contribution in [1.29, 1.82) is 0 Å². The summed E-state index contributed by atoms with van der Waals surface area (Å²) >= 11 is 0. The van der Waals surface area contributed by atoms with Crippen molar-refractivity contribution in [2.24, 2.45) is 0 Å². The lowest BCUT2D eigenvalue weighted by Gasteiger charge is -2.05. The van der Waals surface area contributed by atoms with Crippen LogP contribution < -0.4 is 15.4 Å². The SMILES string of the molecule is COc1ccc(CNC(=O)NC(=O)C=CC(=O)O)cn1. The second-order valence-electron chi connectivity index (χ2n) is 3.55. The topological polar surface area (TPSA) is 118 Å². The van der Waals surface area contributed by atoms with Crippen molar-refractivity contribution in [3.8, 4) is 5.88 Å².